The van der Waals surface area contributed by atoms with Crippen LogP contribution in [0.3, 0.4) is 0 Å². The van der Waals surface area contributed by atoms with Gasteiger partial charge in [-0.25, -0.2) is 0 Å². The summed E-state index contributed by atoms with van der Waals surface area (Å²) in [4.78, 5) is 15.1. The highest BCUT2D eigenvalue weighted by atomic mass is 16.6. The molecule has 0 amide bonds. The van der Waals surface area contributed by atoms with E-state index in [9.17, 15) is 0 Å². The summed E-state index contributed by atoms with van der Waals surface area (Å²) in [5, 5.41) is 0. The second-order valence-electron chi connectivity index (χ2n) is 13.9. The van der Waals surface area contributed by atoms with E-state index in [-0.39, 0.29) is 25.6 Å². The molecule has 1 unspecified atom stereocenters. The summed E-state index contributed by atoms with van der Waals surface area (Å²) in [7, 11) is 1.65. The second-order valence-corrected chi connectivity index (χ2v) is 13.9. The Kier molecular flexibility index (Phi) is 13.8. The molecule has 6 aromatic rings. The molecule has 1 aliphatic heterocycles. The molecule has 0 aliphatic carbocycles. The zero-order chi connectivity index (χ0) is 38.4. The first-order chi connectivity index (χ1) is 27.6. The zero-order valence-corrected chi connectivity index (χ0v) is 31.7. The Labute approximate surface area is 329 Å². The van der Waals surface area contributed by atoms with E-state index in [1.807, 2.05) is 170 Å². The molecule has 1 heterocycles. The first kappa shape index (κ1) is 38.8. The first-order valence-corrected chi connectivity index (χ1v) is 19.1. The minimum atomic E-state index is -1.03. The number of rotatable bonds is 18. The van der Waals surface area contributed by atoms with E-state index >= 15 is 4.79 Å². The number of benzene rings is 6. The molecule has 0 N–H and O–H groups in total. The molecule has 5 atom stereocenters. The lowest BCUT2D eigenvalue weighted by molar-refractivity contribution is -0.261. The quantitative estimate of drug-likeness (QED) is 0.0812. The van der Waals surface area contributed by atoms with Gasteiger partial charge in [0.1, 0.15) is 36.3 Å². The van der Waals surface area contributed by atoms with Crippen molar-refractivity contribution in [1.82, 2.24) is 0 Å². The van der Waals surface area contributed by atoms with Crippen molar-refractivity contribution in [3.63, 3.8) is 0 Å². The van der Waals surface area contributed by atoms with Crippen molar-refractivity contribution in [2.45, 2.75) is 63.4 Å². The summed E-state index contributed by atoms with van der Waals surface area (Å²) < 4.78 is 39.2. The molecule has 1 saturated heterocycles. The summed E-state index contributed by atoms with van der Waals surface area (Å²) in [5.41, 5.74) is 6.50. The molecule has 0 aromatic heterocycles. The van der Waals surface area contributed by atoms with Crippen LogP contribution < -0.4 is 4.74 Å². The Morgan fingerprint density at radius 2 is 0.964 bits per heavy atom. The SMILES string of the molecule is COc1ccc(Cc2ccccc2C(=O)[C@@H]2O[C@H](COCc3ccccc3)[C@@H](OCc3ccccc3)C(OCc3ccccc3)[C@H]2OCc2ccccc2)cc1. The first-order valence-electron chi connectivity index (χ1n) is 19.1. The van der Waals surface area contributed by atoms with E-state index in [1.54, 1.807) is 7.11 Å². The summed E-state index contributed by atoms with van der Waals surface area (Å²) in [6.07, 6.45) is -3.32. The van der Waals surface area contributed by atoms with Gasteiger partial charge in [-0.3, -0.25) is 4.79 Å². The molecule has 0 saturated carbocycles. The Balaban J connectivity index is 1.25. The maximum Gasteiger partial charge on any atom is 0.194 e. The standard InChI is InChI=1S/C49H48O7/c1-51-42-28-26-36(27-29-42)30-41-24-14-15-25-43(41)45(50)47-49(55-34-40-22-12-5-13-23-40)48(54-33-39-20-10-4-11-21-39)46(53-32-38-18-8-3-9-19-38)44(56-47)35-52-31-37-16-6-2-7-17-37/h2-29,44,46-49H,30-35H2,1H3/t44-,46-,47+,48?,49+/m1/s1. The smallest absolute Gasteiger partial charge is 0.194 e. The van der Waals surface area contributed by atoms with Gasteiger partial charge >= 0.3 is 0 Å². The van der Waals surface area contributed by atoms with Crippen molar-refractivity contribution in [2.24, 2.45) is 0 Å². The predicted octanol–water partition coefficient (Wildman–Crippen LogP) is 9.21. The van der Waals surface area contributed by atoms with Crippen LogP contribution in [0.15, 0.2) is 170 Å². The van der Waals surface area contributed by atoms with Gasteiger partial charge in [0.15, 0.2) is 5.78 Å². The highest BCUT2D eigenvalue weighted by molar-refractivity contribution is 6.01. The third-order valence-corrected chi connectivity index (χ3v) is 9.98. The summed E-state index contributed by atoms with van der Waals surface area (Å²) >= 11 is 0. The predicted molar refractivity (Wildman–Crippen MR) is 216 cm³/mol. The van der Waals surface area contributed by atoms with Crippen LogP contribution in [0.5, 0.6) is 5.75 Å². The number of hydrogen-bond donors (Lipinski definition) is 0. The maximum absolute atomic E-state index is 15.1. The van der Waals surface area contributed by atoms with Gasteiger partial charge in [-0.15, -0.1) is 0 Å². The van der Waals surface area contributed by atoms with Gasteiger partial charge in [-0.1, -0.05) is 158 Å². The topological polar surface area (TPSA) is 72.5 Å². The van der Waals surface area contributed by atoms with E-state index in [4.69, 9.17) is 28.4 Å². The Hall–Kier alpha value is -5.41. The van der Waals surface area contributed by atoms with E-state index in [0.717, 1.165) is 39.1 Å². The fourth-order valence-electron chi connectivity index (χ4n) is 7.03. The highest BCUT2D eigenvalue weighted by Crippen LogP contribution is 2.33. The molecule has 7 nitrogen and oxygen atoms in total. The largest absolute Gasteiger partial charge is 0.497 e. The van der Waals surface area contributed by atoms with Crippen molar-refractivity contribution >= 4 is 5.78 Å². The third kappa shape index (κ3) is 10.5. The molecule has 0 spiro atoms. The molecule has 0 bridgehead atoms. The lowest BCUT2D eigenvalue weighted by Crippen LogP contribution is -2.63. The number of hydrogen-bond acceptors (Lipinski definition) is 7. The maximum atomic E-state index is 15.1. The minimum absolute atomic E-state index is 0.169. The van der Waals surface area contributed by atoms with Crippen LogP contribution in [0.1, 0.15) is 43.7 Å². The van der Waals surface area contributed by atoms with Crippen LogP contribution in [0, 0.1) is 0 Å². The van der Waals surface area contributed by atoms with Crippen LogP contribution in [-0.2, 0) is 56.5 Å². The lowest BCUT2D eigenvalue weighted by atomic mass is 9.87. The van der Waals surface area contributed by atoms with Crippen molar-refractivity contribution < 1.29 is 33.2 Å². The molecule has 7 rings (SSSR count). The van der Waals surface area contributed by atoms with E-state index in [0.29, 0.717) is 25.2 Å². The number of methoxy groups -OCH3 is 1. The number of Topliss-reactive ketones (excluding diaryl/α,β-unsaturated/α-hetero) is 1. The third-order valence-electron chi connectivity index (χ3n) is 9.98. The number of ether oxygens (including phenoxy) is 6. The molecule has 0 radical (unpaired) electrons. The number of carbonyl (C=O) groups excluding carboxylic acids is 1. The Morgan fingerprint density at radius 1 is 0.500 bits per heavy atom. The summed E-state index contributed by atoms with van der Waals surface area (Å²) in [6.45, 7) is 1.39. The van der Waals surface area contributed by atoms with Gasteiger partial charge in [0.2, 0.25) is 0 Å². The van der Waals surface area contributed by atoms with Gasteiger partial charge in [0, 0.05) is 5.56 Å². The molecule has 6 aromatic carbocycles. The summed E-state index contributed by atoms with van der Waals surface area (Å²) in [6, 6.07) is 55.6. The minimum Gasteiger partial charge on any atom is -0.497 e. The monoisotopic (exact) mass is 748 g/mol. The van der Waals surface area contributed by atoms with Gasteiger partial charge < -0.3 is 28.4 Å². The zero-order valence-electron chi connectivity index (χ0n) is 31.7. The van der Waals surface area contributed by atoms with Gasteiger partial charge in [-0.2, -0.15) is 0 Å². The molecule has 7 heteroatoms. The van der Waals surface area contributed by atoms with E-state index in [2.05, 4.69) is 0 Å². The second kappa shape index (κ2) is 20.0. The molecule has 56 heavy (non-hydrogen) atoms. The fourth-order valence-corrected chi connectivity index (χ4v) is 7.03. The van der Waals surface area contributed by atoms with Crippen molar-refractivity contribution in [1.29, 1.82) is 0 Å². The Bertz CT molecular complexity index is 2060. The van der Waals surface area contributed by atoms with Crippen molar-refractivity contribution in [3.05, 3.63) is 209 Å². The molecule has 286 valence electrons. The summed E-state index contributed by atoms with van der Waals surface area (Å²) in [5.74, 6) is 0.591. The average molecular weight is 749 g/mol. The average Bonchev–Trinajstić information content (AvgIpc) is 3.26. The normalized spacial score (nSPS) is 19.3. The van der Waals surface area contributed by atoms with Crippen LogP contribution >= 0.6 is 0 Å². The Morgan fingerprint density at radius 3 is 1.50 bits per heavy atom. The number of ketones is 1. The van der Waals surface area contributed by atoms with Gasteiger partial charge in [-0.05, 0) is 51.9 Å². The highest BCUT2D eigenvalue weighted by Gasteiger charge is 2.51. The van der Waals surface area contributed by atoms with Crippen molar-refractivity contribution in [2.75, 3.05) is 13.7 Å². The molecule has 1 aliphatic rings. The van der Waals surface area contributed by atoms with Crippen molar-refractivity contribution in [3.8, 4) is 5.75 Å². The number of carbonyl (C=O) groups is 1. The molecule has 1 fully saturated rings. The fraction of sp³-hybridized carbons (Fsp3) is 0.245. The van der Waals surface area contributed by atoms with Crippen LogP contribution in [0.4, 0.5) is 0 Å². The van der Waals surface area contributed by atoms with E-state index < -0.39 is 30.5 Å². The lowest BCUT2D eigenvalue weighted by Gasteiger charge is -2.46. The molecular weight excluding hydrogens is 701 g/mol. The van der Waals surface area contributed by atoms with Crippen LogP contribution in [0.2, 0.25) is 0 Å². The van der Waals surface area contributed by atoms with Gasteiger partial charge in [0.25, 0.3) is 0 Å². The van der Waals surface area contributed by atoms with E-state index in [1.165, 1.54) is 0 Å². The van der Waals surface area contributed by atoms with Gasteiger partial charge in [0.05, 0.1) is 40.1 Å². The van der Waals surface area contributed by atoms with Crippen LogP contribution in [0.25, 0.3) is 0 Å². The van der Waals surface area contributed by atoms with Crippen LogP contribution in [-0.4, -0.2) is 50.0 Å². The molecular formula is C49H48O7.